The molecule has 0 amide bonds. The summed E-state index contributed by atoms with van der Waals surface area (Å²) >= 11 is 0. The van der Waals surface area contributed by atoms with E-state index < -0.39 is 17.4 Å². The molecule has 0 radical (unpaired) electrons. The van der Waals surface area contributed by atoms with Crippen LogP contribution < -0.4 is 4.74 Å². The lowest BCUT2D eigenvalue weighted by molar-refractivity contribution is -0.156. The summed E-state index contributed by atoms with van der Waals surface area (Å²) in [6, 6.07) is 3.96. The monoisotopic (exact) mass is 282 g/mol. The Balaban J connectivity index is 2.44. The van der Waals surface area contributed by atoms with Gasteiger partial charge in [0, 0.05) is 11.5 Å². The van der Waals surface area contributed by atoms with Crippen molar-refractivity contribution in [2.75, 3.05) is 6.61 Å². The maximum Gasteiger partial charge on any atom is 0.309 e. The van der Waals surface area contributed by atoms with Crippen LogP contribution >= 0.6 is 0 Å². The smallest absolute Gasteiger partial charge is 0.309 e. The van der Waals surface area contributed by atoms with E-state index in [-0.39, 0.29) is 25.0 Å². The average Bonchev–Trinajstić information content (AvgIpc) is 2.38. The van der Waals surface area contributed by atoms with Crippen molar-refractivity contribution in [1.82, 2.24) is 0 Å². The minimum absolute atomic E-state index is 0.216. The van der Waals surface area contributed by atoms with Crippen LogP contribution in [0.1, 0.15) is 32.8 Å². The number of esters is 1. The number of carbonyl (C=O) groups excluding carboxylic acids is 1. The Morgan fingerprint density at radius 1 is 1.50 bits per heavy atom. The number of benzene rings is 1. The molecule has 5 heteroatoms. The molecule has 1 aliphatic heterocycles. The number of hydrogen-bond donors (Lipinski definition) is 1. The van der Waals surface area contributed by atoms with Crippen LogP contribution in [0.25, 0.3) is 0 Å². The quantitative estimate of drug-likeness (QED) is 0.865. The number of aliphatic hydroxyl groups is 1. The van der Waals surface area contributed by atoms with E-state index in [0.29, 0.717) is 11.3 Å². The molecule has 0 saturated heterocycles. The standard InChI is InChI=1S/C15H19FO4/c1-4-19-14(17)8-15(18)9(2)10(3)20-13-6-5-11(16)7-12(13)15/h5-7,9-10,18H,4,8H2,1-3H3/t9-,10+,15-/m0/s1. The van der Waals surface area contributed by atoms with E-state index in [1.165, 1.54) is 18.2 Å². The van der Waals surface area contributed by atoms with E-state index in [9.17, 15) is 14.3 Å². The van der Waals surface area contributed by atoms with Gasteiger partial charge in [0.2, 0.25) is 0 Å². The first kappa shape index (κ1) is 14.8. The van der Waals surface area contributed by atoms with Crippen molar-refractivity contribution in [3.63, 3.8) is 0 Å². The number of rotatable bonds is 3. The second-order valence-corrected chi connectivity index (χ2v) is 5.16. The molecule has 110 valence electrons. The van der Waals surface area contributed by atoms with Gasteiger partial charge in [-0.1, -0.05) is 6.92 Å². The van der Waals surface area contributed by atoms with Crippen LogP contribution in [0.5, 0.6) is 5.75 Å². The van der Waals surface area contributed by atoms with Crippen LogP contribution in [0.15, 0.2) is 18.2 Å². The summed E-state index contributed by atoms with van der Waals surface area (Å²) < 4.78 is 24.0. The molecule has 3 atom stereocenters. The van der Waals surface area contributed by atoms with Crippen molar-refractivity contribution >= 4 is 5.97 Å². The summed E-state index contributed by atoms with van der Waals surface area (Å²) in [4.78, 5) is 11.7. The molecule has 1 aliphatic rings. The first-order chi connectivity index (χ1) is 9.38. The highest BCUT2D eigenvalue weighted by Crippen LogP contribution is 2.45. The first-order valence-electron chi connectivity index (χ1n) is 6.73. The average molecular weight is 282 g/mol. The third kappa shape index (κ3) is 2.50. The summed E-state index contributed by atoms with van der Waals surface area (Å²) in [5.41, 5.74) is -1.18. The first-order valence-corrected chi connectivity index (χ1v) is 6.73. The second-order valence-electron chi connectivity index (χ2n) is 5.16. The van der Waals surface area contributed by atoms with Crippen molar-refractivity contribution in [2.45, 2.75) is 38.9 Å². The van der Waals surface area contributed by atoms with Gasteiger partial charge in [-0.25, -0.2) is 4.39 Å². The largest absolute Gasteiger partial charge is 0.490 e. The summed E-state index contributed by atoms with van der Waals surface area (Å²) in [5, 5.41) is 10.9. The lowest BCUT2D eigenvalue weighted by atomic mass is 9.75. The van der Waals surface area contributed by atoms with Crippen LogP contribution in [-0.4, -0.2) is 23.8 Å². The Labute approximate surface area is 117 Å². The van der Waals surface area contributed by atoms with Gasteiger partial charge in [-0.05, 0) is 32.0 Å². The molecule has 1 aromatic carbocycles. The van der Waals surface area contributed by atoms with E-state index in [1.807, 2.05) is 6.92 Å². The van der Waals surface area contributed by atoms with E-state index in [4.69, 9.17) is 9.47 Å². The van der Waals surface area contributed by atoms with Crippen LogP contribution in [0.2, 0.25) is 0 Å². The molecule has 0 spiro atoms. The van der Waals surface area contributed by atoms with Crippen LogP contribution in [0.3, 0.4) is 0 Å². The SMILES string of the molecule is CCOC(=O)C[C@@]1(O)c2cc(F)ccc2O[C@H](C)[C@@H]1C. The summed E-state index contributed by atoms with van der Waals surface area (Å²) in [5.74, 6) is -0.937. The van der Waals surface area contributed by atoms with Gasteiger partial charge >= 0.3 is 5.97 Å². The summed E-state index contributed by atoms with van der Waals surface area (Å²) in [6.45, 7) is 5.53. The topological polar surface area (TPSA) is 55.8 Å². The van der Waals surface area contributed by atoms with Crippen molar-refractivity contribution in [3.8, 4) is 5.75 Å². The van der Waals surface area contributed by atoms with Gasteiger partial charge in [0.25, 0.3) is 0 Å². The fourth-order valence-electron chi connectivity index (χ4n) is 2.57. The molecule has 0 aliphatic carbocycles. The predicted octanol–water partition coefficient (Wildman–Crippen LogP) is 2.38. The molecule has 1 heterocycles. The Kier molecular flexibility index (Phi) is 3.99. The number of ether oxygens (including phenoxy) is 2. The third-order valence-corrected chi connectivity index (χ3v) is 3.90. The third-order valence-electron chi connectivity index (χ3n) is 3.90. The Morgan fingerprint density at radius 3 is 2.85 bits per heavy atom. The summed E-state index contributed by atoms with van der Waals surface area (Å²) in [6.07, 6.45) is -0.501. The molecule has 0 aromatic heterocycles. The molecule has 0 unspecified atom stereocenters. The lowest BCUT2D eigenvalue weighted by Crippen LogP contribution is -2.47. The molecule has 0 bridgehead atoms. The van der Waals surface area contributed by atoms with Gasteiger partial charge < -0.3 is 14.6 Å². The van der Waals surface area contributed by atoms with Gasteiger partial charge in [-0.2, -0.15) is 0 Å². The fourth-order valence-corrected chi connectivity index (χ4v) is 2.57. The minimum Gasteiger partial charge on any atom is -0.490 e. The lowest BCUT2D eigenvalue weighted by Gasteiger charge is -2.42. The maximum atomic E-state index is 13.5. The molecule has 0 saturated carbocycles. The highest BCUT2D eigenvalue weighted by atomic mass is 19.1. The van der Waals surface area contributed by atoms with Crippen molar-refractivity contribution in [2.24, 2.45) is 5.92 Å². The zero-order valence-corrected chi connectivity index (χ0v) is 11.9. The molecule has 4 nitrogen and oxygen atoms in total. The second kappa shape index (κ2) is 5.40. The van der Waals surface area contributed by atoms with Crippen LogP contribution in [0, 0.1) is 11.7 Å². The summed E-state index contributed by atoms with van der Waals surface area (Å²) in [7, 11) is 0. The molecular formula is C15H19FO4. The van der Waals surface area contributed by atoms with Crippen LogP contribution in [-0.2, 0) is 15.1 Å². The van der Waals surface area contributed by atoms with Crippen molar-refractivity contribution in [3.05, 3.63) is 29.6 Å². The molecule has 20 heavy (non-hydrogen) atoms. The number of carbonyl (C=O) groups is 1. The van der Waals surface area contributed by atoms with Crippen molar-refractivity contribution < 1.29 is 23.8 Å². The molecule has 1 aromatic rings. The minimum atomic E-state index is -1.48. The Morgan fingerprint density at radius 2 is 2.20 bits per heavy atom. The highest BCUT2D eigenvalue weighted by Gasteiger charge is 2.47. The van der Waals surface area contributed by atoms with Crippen LogP contribution in [0.4, 0.5) is 4.39 Å². The van der Waals surface area contributed by atoms with Crippen molar-refractivity contribution in [1.29, 1.82) is 0 Å². The molecule has 1 N–H and O–H groups in total. The number of halogens is 1. The van der Waals surface area contributed by atoms with E-state index in [2.05, 4.69) is 0 Å². The van der Waals surface area contributed by atoms with Gasteiger partial charge in [0.15, 0.2) is 0 Å². The fraction of sp³-hybridized carbons (Fsp3) is 0.533. The highest BCUT2D eigenvalue weighted by molar-refractivity contribution is 5.71. The van der Waals surface area contributed by atoms with E-state index in [0.717, 1.165) is 0 Å². The molecule has 2 rings (SSSR count). The number of hydrogen-bond acceptors (Lipinski definition) is 4. The van der Waals surface area contributed by atoms with Gasteiger partial charge in [-0.3, -0.25) is 4.79 Å². The normalized spacial score (nSPS) is 28.4. The Hall–Kier alpha value is -1.62. The zero-order valence-electron chi connectivity index (χ0n) is 11.9. The predicted molar refractivity (Wildman–Crippen MR) is 70.8 cm³/mol. The molecular weight excluding hydrogens is 263 g/mol. The number of fused-ring (bicyclic) bond motifs is 1. The van der Waals surface area contributed by atoms with E-state index in [1.54, 1.807) is 13.8 Å². The van der Waals surface area contributed by atoms with Gasteiger partial charge in [-0.15, -0.1) is 0 Å². The van der Waals surface area contributed by atoms with Gasteiger partial charge in [0.05, 0.1) is 13.0 Å². The molecule has 0 fully saturated rings. The van der Waals surface area contributed by atoms with E-state index >= 15 is 0 Å². The van der Waals surface area contributed by atoms with Gasteiger partial charge in [0.1, 0.15) is 23.3 Å². The zero-order chi connectivity index (χ0) is 14.9. The Bertz CT molecular complexity index is 517. The maximum absolute atomic E-state index is 13.5.